The standard InChI is InChI=1S/C16H15FN2O4/c1-2-23-16(22)15(21)9-14(20)13-7-8-18-19(13)10-11-3-5-12(17)6-4-11/h3-9,20H,2,10H2,1H3/b14-9-. The minimum Gasteiger partial charge on any atom is -0.506 e. The molecule has 0 saturated carbocycles. The summed E-state index contributed by atoms with van der Waals surface area (Å²) >= 11 is 0. The molecule has 0 fully saturated rings. The molecule has 1 N–H and O–H groups in total. The molecule has 1 aromatic heterocycles. The Balaban J connectivity index is 2.18. The molecule has 23 heavy (non-hydrogen) atoms. The summed E-state index contributed by atoms with van der Waals surface area (Å²) in [6.45, 7) is 1.92. The van der Waals surface area contributed by atoms with E-state index in [4.69, 9.17) is 0 Å². The van der Waals surface area contributed by atoms with Crippen LogP contribution in [0.5, 0.6) is 0 Å². The molecule has 6 nitrogen and oxygen atoms in total. The Labute approximate surface area is 131 Å². The fourth-order valence-corrected chi connectivity index (χ4v) is 1.90. The fraction of sp³-hybridized carbons (Fsp3) is 0.188. The molecule has 0 bridgehead atoms. The van der Waals surface area contributed by atoms with E-state index in [2.05, 4.69) is 9.84 Å². The molecular formula is C16H15FN2O4. The van der Waals surface area contributed by atoms with Gasteiger partial charge >= 0.3 is 5.97 Å². The molecule has 0 saturated heterocycles. The molecule has 2 rings (SSSR count). The Morgan fingerprint density at radius 2 is 2.00 bits per heavy atom. The number of carbonyl (C=O) groups excluding carboxylic acids is 2. The third-order valence-corrected chi connectivity index (χ3v) is 2.97. The van der Waals surface area contributed by atoms with Crippen LogP contribution in [-0.4, -0.2) is 33.2 Å². The molecule has 0 amide bonds. The highest BCUT2D eigenvalue weighted by atomic mass is 19.1. The van der Waals surface area contributed by atoms with Crippen LogP contribution < -0.4 is 0 Å². The molecule has 0 aliphatic rings. The molecule has 0 unspecified atom stereocenters. The third-order valence-electron chi connectivity index (χ3n) is 2.97. The second-order valence-corrected chi connectivity index (χ2v) is 4.61. The summed E-state index contributed by atoms with van der Waals surface area (Å²) < 4.78 is 18.9. The van der Waals surface area contributed by atoms with Crippen molar-refractivity contribution in [1.82, 2.24) is 9.78 Å². The lowest BCUT2D eigenvalue weighted by molar-refractivity contribution is -0.151. The van der Waals surface area contributed by atoms with Crippen LogP contribution in [0.3, 0.4) is 0 Å². The Morgan fingerprint density at radius 3 is 2.65 bits per heavy atom. The van der Waals surface area contributed by atoms with Gasteiger partial charge in [0.15, 0.2) is 0 Å². The molecule has 0 spiro atoms. The van der Waals surface area contributed by atoms with Crippen LogP contribution >= 0.6 is 0 Å². The van der Waals surface area contributed by atoms with Crippen molar-refractivity contribution in [2.75, 3.05) is 6.61 Å². The lowest BCUT2D eigenvalue weighted by Gasteiger charge is -2.07. The Kier molecular flexibility index (Phi) is 5.24. The van der Waals surface area contributed by atoms with Crippen LogP contribution in [0.25, 0.3) is 5.76 Å². The van der Waals surface area contributed by atoms with E-state index in [9.17, 15) is 19.1 Å². The van der Waals surface area contributed by atoms with Crippen molar-refractivity contribution in [2.45, 2.75) is 13.5 Å². The second-order valence-electron chi connectivity index (χ2n) is 4.61. The van der Waals surface area contributed by atoms with Crippen molar-refractivity contribution >= 4 is 17.5 Å². The molecule has 1 heterocycles. The van der Waals surface area contributed by atoms with Gasteiger partial charge in [0.2, 0.25) is 0 Å². The zero-order chi connectivity index (χ0) is 16.8. The fourth-order valence-electron chi connectivity index (χ4n) is 1.90. The first-order valence-corrected chi connectivity index (χ1v) is 6.89. The van der Waals surface area contributed by atoms with Gasteiger partial charge in [-0.15, -0.1) is 0 Å². The lowest BCUT2D eigenvalue weighted by Crippen LogP contribution is -2.15. The molecule has 7 heteroatoms. The van der Waals surface area contributed by atoms with E-state index in [0.717, 1.165) is 11.6 Å². The van der Waals surface area contributed by atoms with Crippen molar-refractivity contribution in [3.63, 3.8) is 0 Å². The predicted octanol–water partition coefficient (Wildman–Crippen LogP) is 2.10. The van der Waals surface area contributed by atoms with Crippen LogP contribution in [0, 0.1) is 5.82 Å². The van der Waals surface area contributed by atoms with Crippen LogP contribution in [0.15, 0.2) is 42.6 Å². The number of carbonyl (C=O) groups is 2. The molecule has 0 aliphatic heterocycles. The topological polar surface area (TPSA) is 81.4 Å². The van der Waals surface area contributed by atoms with Crippen molar-refractivity contribution in [2.24, 2.45) is 0 Å². The zero-order valence-corrected chi connectivity index (χ0v) is 12.4. The smallest absolute Gasteiger partial charge is 0.379 e. The number of hydrogen-bond donors (Lipinski definition) is 1. The van der Waals surface area contributed by atoms with Gasteiger partial charge in [-0.25, -0.2) is 9.18 Å². The summed E-state index contributed by atoms with van der Waals surface area (Å²) in [5.41, 5.74) is 1.02. The third kappa shape index (κ3) is 4.26. The summed E-state index contributed by atoms with van der Waals surface area (Å²) in [6, 6.07) is 7.31. The van der Waals surface area contributed by atoms with Gasteiger partial charge in [-0.3, -0.25) is 9.48 Å². The highest BCUT2D eigenvalue weighted by Gasteiger charge is 2.15. The van der Waals surface area contributed by atoms with E-state index in [1.54, 1.807) is 19.1 Å². The maximum absolute atomic E-state index is 12.9. The van der Waals surface area contributed by atoms with Gasteiger partial charge in [0, 0.05) is 12.3 Å². The number of halogens is 1. The largest absolute Gasteiger partial charge is 0.506 e. The van der Waals surface area contributed by atoms with Gasteiger partial charge in [0.1, 0.15) is 17.3 Å². The molecule has 120 valence electrons. The highest BCUT2D eigenvalue weighted by molar-refractivity contribution is 6.39. The minimum absolute atomic E-state index is 0.0711. The lowest BCUT2D eigenvalue weighted by atomic mass is 10.2. The normalized spacial score (nSPS) is 11.3. The maximum atomic E-state index is 12.9. The summed E-state index contributed by atoms with van der Waals surface area (Å²) in [5, 5.41) is 14.0. The van der Waals surface area contributed by atoms with Gasteiger partial charge in [-0.05, 0) is 30.7 Å². The summed E-state index contributed by atoms with van der Waals surface area (Å²) in [7, 11) is 0. The molecule has 2 aromatic rings. The van der Waals surface area contributed by atoms with Crippen molar-refractivity contribution < 1.29 is 23.8 Å². The summed E-state index contributed by atoms with van der Waals surface area (Å²) in [6.07, 6.45) is 2.23. The van der Waals surface area contributed by atoms with Gasteiger partial charge in [-0.2, -0.15) is 5.10 Å². The van der Waals surface area contributed by atoms with Crippen molar-refractivity contribution in [1.29, 1.82) is 0 Å². The van der Waals surface area contributed by atoms with Crippen molar-refractivity contribution in [3.05, 3.63) is 59.7 Å². The van der Waals surface area contributed by atoms with Gasteiger partial charge < -0.3 is 9.84 Å². The zero-order valence-electron chi connectivity index (χ0n) is 12.4. The average Bonchev–Trinajstić information content (AvgIpc) is 2.98. The molecular weight excluding hydrogens is 303 g/mol. The van der Waals surface area contributed by atoms with E-state index in [1.165, 1.54) is 29.1 Å². The number of hydrogen-bond acceptors (Lipinski definition) is 5. The molecule has 0 radical (unpaired) electrons. The van der Waals surface area contributed by atoms with E-state index < -0.39 is 17.5 Å². The quantitative estimate of drug-likeness (QED) is 0.382. The Morgan fingerprint density at radius 1 is 1.30 bits per heavy atom. The monoisotopic (exact) mass is 318 g/mol. The number of ketones is 1. The van der Waals surface area contributed by atoms with Crippen LogP contribution in [0.4, 0.5) is 4.39 Å². The predicted molar refractivity (Wildman–Crippen MR) is 80.0 cm³/mol. The number of aliphatic hydroxyl groups is 1. The van der Waals surface area contributed by atoms with Gasteiger partial charge in [0.25, 0.3) is 5.78 Å². The van der Waals surface area contributed by atoms with E-state index in [-0.39, 0.29) is 24.7 Å². The molecule has 0 aliphatic carbocycles. The maximum Gasteiger partial charge on any atom is 0.379 e. The minimum atomic E-state index is -1.04. The molecule has 1 aromatic carbocycles. The number of rotatable bonds is 6. The van der Waals surface area contributed by atoms with Gasteiger partial charge in [-0.1, -0.05) is 12.1 Å². The number of esters is 1. The molecule has 0 atom stereocenters. The Hall–Kier alpha value is -2.96. The van der Waals surface area contributed by atoms with Crippen molar-refractivity contribution in [3.8, 4) is 0 Å². The van der Waals surface area contributed by atoms with Crippen LogP contribution in [-0.2, 0) is 20.9 Å². The highest BCUT2D eigenvalue weighted by Crippen LogP contribution is 2.13. The number of aromatic nitrogens is 2. The summed E-state index contributed by atoms with van der Waals surface area (Å²) in [4.78, 5) is 22.8. The van der Waals surface area contributed by atoms with Crippen LogP contribution in [0.1, 0.15) is 18.2 Å². The first kappa shape index (κ1) is 16.4. The number of ether oxygens (including phenoxy) is 1. The van der Waals surface area contributed by atoms with E-state index >= 15 is 0 Å². The van der Waals surface area contributed by atoms with E-state index in [1.807, 2.05) is 0 Å². The Bertz CT molecular complexity index is 735. The van der Waals surface area contributed by atoms with Crippen LogP contribution in [0.2, 0.25) is 0 Å². The van der Waals surface area contributed by atoms with E-state index in [0.29, 0.717) is 0 Å². The number of aliphatic hydroxyl groups excluding tert-OH is 1. The summed E-state index contributed by atoms with van der Waals surface area (Å²) in [5.74, 6) is -2.75. The first-order valence-electron chi connectivity index (χ1n) is 6.89. The number of benzene rings is 1. The van der Waals surface area contributed by atoms with Gasteiger partial charge in [0.05, 0.1) is 13.2 Å². The number of nitrogens with zero attached hydrogens (tertiary/aromatic N) is 2. The first-order chi connectivity index (χ1) is 11.0. The average molecular weight is 318 g/mol. The SMILES string of the molecule is CCOC(=O)C(=O)/C=C(\O)c1ccnn1Cc1ccc(F)cc1. The second kappa shape index (κ2) is 7.35.